The lowest BCUT2D eigenvalue weighted by atomic mass is 10.1. The first-order valence-corrected chi connectivity index (χ1v) is 4.57. The van der Waals surface area contributed by atoms with Crippen LogP contribution in [0.4, 0.5) is 5.69 Å². The van der Waals surface area contributed by atoms with E-state index < -0.39 is 0 Å². The fourth-order valence-electron chi connectivity index (χ4n) is 1.32. The average Bonchev–Trinajstić information content (AvgIpc) is 2.74. The van der Waals surface area contributed by atoms with Crippen molar-refractivity contribution in [3.63, 3.8) is 0 Å². The van der Waals surface area contributed by atoms with E-state index in [-0.39, 0.29) is 13.2 Å². The molecule has 2 rings (SSSR count). The average molecular weight is 217 g/mol. The fraction of sp³-hybridized carbons (Fsp3) is 0.167. The highest BCUT2D eigenvalue weighted by Gasteiger charge is 2.10. The summed E-state index contributed by atoms with van der Waals surface area (Å²) in [7, 11) is 0. The molecule has 1 aromatic heterocycles. The van der Waals surface area contributed by atoms with Crippen molar-refractivity contribution in [3.8, 4) is 0 Å². The van der Waals surface area contributed by atoms with E-state index in [4.69, 9.17) is 5.73 Å². The molecule has 4 heteroatoms. The normalized spacial score (nSPS) is 9.56. The van der Waals surface area contributed by atoms with Gasteiger partial charge in [0.1, 0.15) is 5.69 Å². The van der Waals surface area contributed by atoms with Gasteiger partial charge in [-0.15, -0.1) is 0 Å². The number of H-pyrrole nitrogens is 1. The highest BCUT2D eigenvalue weighted by atomic mass is 16.1. The number of anilines is 1. The monoisotopic (exact) mass is 217 g/mol. The summed E-state index contributed by atoms with van der Waals surface area (Å²) in [6.45, 7) is 1.90. The lowest BCUT2D eigenvalue weighted by Gasteiger charge is -2.02. The molecule has 84 valence electrons. The number of aromatic amines is 1. The Bertz CT molecular complexity index is 489. The predicted octanol–water partition coefficient (Wildman–Crippen LogP) is 2.17. The molecule has 0 fully saturated rings. The molecule has 0 atom stereocenters. The number of nitrogens with one attached hydrogen (secondary N) is 1. The SMILES string of the molecule is C.Cc1ccc(C(=O)c2cnc[nH]2)cc1N. The predicted molar refractivity (Wildman–Crippen MR) is 64.3 cm³/mol. The Morgan fingerprint density at radius 1 is 1.44 bits per heavy atom. The number of rotatable bonds is 2. The number of ketones is 1. The number of nitrogens with zero attached hydrogens (tertiary/aromatic N) is 1. The number of aryl methyl sites for hydroxylation is 1. The minimum atomic E-state index is -0.0980. The topological polar surface area (TPSA) is 71.8 Å². The van der Waals surface area contributed by atoms with Gasteiger partial charge in [0.2, 0.25) is 5.78 Å². The molecule has 1 aromatic carbocycles. The number of benzene rings is 1. The summed E-state index contributed by atoms with van der Waals surface area (Å²) in [5.41, 5.74) is 8.37. The van der Waals surface area contributed by atoms with Gasteiger partial charge in [-0.25, -0.2) is 4.98 Å². The number of aromatic nitrogens is 2. The molecule has 0 aliphatic rings. The van der Waals surface area contributed by atoms with Crippen LogP contribution in [0.15, 0.2) is 30.7 Å². The number of imidazole rings is 1. The van der Waals surface area contributed by atoms with Crippen molar-refractivity contribution >= 4 is 11.5 Å². The minimum Gasteiger partial charge on any atom is -0.398 e. The Kier molecular flexibility index (Phi) is 3.45. The number of carbonyl (C=O) groups is 1. The zero-order valence-electron chi connectivity index (χ0n) is 8.32. The van der Waals surface area contributed by atoms with Crippen molar-refractivity contribution in [2.24, 2.45) is 0 Å². The van der Waals surface area contributed by atoms with E-state index in [1.807, 2.05) is 13.0 Å². The Morgan fingerprint density at radius 2 is 2.19 bits per heavy atom. The molecule has 0 spiro atoms. The third kappa shape index (κ3) is 2.11. The molecule has 3 N–H and O–H groups in total. The molecule has 0 radical (unpaired) electrons. The summed E-state index contributed by atoms with van der Waals surface area (Å²) >= 11 is 0. The van der Waals surface area contributed by atoms with Crippen molar-refractivity contribution in [1.82, 2.24) is 9.97 Å². The van der Waals surface area contributed by atoms with Gasteiger partial charge in [0.25, 0.3) is 0 Å². The maximum atomic E-state index is 11.8. The van der Waals surface area contributed by atoms with E-state index in [0.29, 0.717) is 16.9 Å². The van der Waals surface area contributed by atoms with Gasteiger partial charge in [-0.1, -0.05) is 19.6 Å². The standard InChI is InChI=1S/C11H11N3O.CH4/c1-7-2-3-8(4-9(7)12)11(15)10-5-13-6-14-10;/h2-6H,12H2,1H3,(H,13,14);1H4. The lowest BCUT2D eigenvalue weighted by molar-refractivity contribution is 0.103. The highest BCUT2D eigenvalue weighted by molar-refractivity contribution is 6.08. The van der Waals surface area contributed by atoms with Crippen molar-refractivity contribution in [1.29, 1.82) is 0 Å². The third-order valence-electron chi connectivity index (χ3n) is 2.28. The smallest absolute Gasteiger partial charge is 0.210 e. The molecule has 0 aliphatic carbocycles. The van der Waals surface area contributed by atoms with E-state index in [9.17, 15) is 4.79 Å². The minimum absolute atomic E-state index is 0. The fourth-order valence-corrected chi connectivity index (χ4v) is 1.32. The van der Waals surface area contributed by atoms with Crippen molar-refractivity contribution < 1.29 is 4.79 Å². The summed E-state index contributed by atoms with van der Waals surface area (Å²) < 4.78 is 0. The van der Waals surface area contributed by atoms with Crippen LogP contribution >= 0.6 is 0 Å². The van der Waals surface area contributed by atoms with Crippen LogP contribution in [0.25, 0.3) is 0 Å². The summed E-state index contributed by atoms with van der Waals surface area (Å²) in [5, 5.41) is 0. The van der Waals surface area contributed by atoms with Gasteiger partial charge in [-0.05, 0) is 18.6 Å². The van der Waals surface area contributed by atoms with Crippen molar-refractivity contribution in [2.75, 3.05) is 5.73 Å². The number of hydrogen-bond acceptors (Lipinski definition) is 3. The first-order chi connectivity index (χ1) is 7.18. The summed E-state index contributed by atoms with van der Waals surface area (Å²) in [6, 6.07) is 5.27. The van der Waals surface area contributed by atoms with Crippen LogP contribution in [-0.2, 0) is 0 Å². The second kappa shape index (κ2) is 4.61. The Morgan fingerprint density at radius 3 is 2.75 bits per heavy atom. The Balaban J connectivity index is 0.00000128. The summed E-state index contributed by atoms with van der Waals surface area (Å²) in [4.78, 5) is 18.4. The van der Waals surface area contributed by atoms with Crippen LogP contribution in [0, 0.1) is 6.92 Å². The molecule has 16 heavy (non-hydrogen) atoms. The molecular weight excluding hydrogens is 202 g/mol. The van der Waals surface area contributed by atoms with Gasteiger partial charge in [0.05, 0.1) is 12.5 Å². The molecule has 4 nitrogen and oxygen atoms in total. The van der Waals surface area contributed by atoms with Crippen LogP contribution in [0.3, 0.4) is 0 Å². The Labute approximate surface area is 94.5 Å². The maximum Gasteiger partial charge on any atom is 0.210 e. The van der Waals surface area contributed by atoms with Gasteiger partial charge in [0.15, 0.2) is 0 Å². The molecule has 0 aliphatic heterocycles. The van der Waals surface area contributed by atoms with Gasteiger partial charge in [-0.2, -0.15) is 0 Å². The Hall–Kier alpha value is -2.10. The van der Waals surface area contributed by atoms with Gasteiger partial charge >= 0.3 is 0 Å². The van der Waals surface area contributed by atoms with Crippen LogP contribution in [0.1, 0.15) is 29.0 Å². The largest absolute Gasteiger partial charge is 0.398 e. The van der Waals surface area contributed by atoms with Crippen LogP contribution < -0.4 is 5.73 Å². The van der Waals surface area contributed by atoms with Gasteiger partial charge in [0, 0.05) is 11.3 Å². The molecule has 1 heterocycles. The first-order valence-electron chi connectivity index (χ1n) is 4.57. The van der Waals surface area contributed by atoms with Crippen LogP contribution in [0.2, 0.25) is 0 Å². The van der Waals surface area contributed by atoms with Crippen molar-refractivity contribution in [2.45, 2.75) is 14.4 Å². The lowest BCUT2D eigenvalue weighted by Crippen LogP contribution is -2.03. The second-order valence-electron chi connectivity index (χ2n) is 3.37. The van der Waals surface area contributed by atoms with Gasteiger partial charge in [-0.3, -0.25) is 4.79 Å². The number of nitrogen functional groups attached to an aromatic ring is 1. The van der Waals surface area contributed by atoms with Crippen LogP contribution in [0.5, 0.6) is 0 Å². The first kappa shape index (κ1) is 12.0. The van der Waals surface area contributed by atoms with E-state index in [0.717, 1.165) is 5.56 Å². The van der Waals surface area contributed by atoms with E-state index in [1.54, 1.807) is 12.1 Å². The van der Waals surface area contributed by atoms with Crippen LogP contribution in [-0.4, -0.2) is 15.8 Å². The number of carbonyl (C=O) groups excluding carboxylic acids is 1. The quantitative estimate of drug-likeness (QED) is 0.598. The maximum absolute atomic E-state index is 11.8. The number of nitrogens with two attached hydrogens (primary N) is 1. The molecule has 0 amide bonds. The second-order valence-corrected chi connectivity index (χ2v) is 3.37. The van der Waals surface area contributed by atoms with E-state index in [2.05, 4.69) is 9.97 Å². The highest BCUT2D eigenvalue weighted by Crippen LogP contribution is 2.15. The van der Waals surface area contributed by atoms with Crippen molar-refractivity contribution in [3.05, 3.63) is 47.5 Å². The van der Waals surface area contributed by atoms with Gasteiger partial charge < -0.3 is 10.7 Å². The number of hydrogen-bond donors (Lipinski definition) is 2. The zero-order valence-corrected chi connectivity index (χ0v) is 8.32. The molecule has 0 saturated carbocycles. The van der Waals surface area contributed by atoms with E-state index in [1.165, 1.54) is 12.5 Å². The summed E-state index contributed by atoms with van der Waals surface area (Å²) in [6.07, 6.45) is 2.98. The summed E-state index contributed by atoms with van der Waals surface area (Å²) in [5.74, 6) is -0.0980. The van der Waals surface area contributed by atoms with E-state index >= 15 is 0 Å². The molecular formula is C12H15N3O. The molecule has 0 saturated heterocycles. The molecule has 0 bridgehead atoms. The third-order valence-corrected chi connectivity index (χ3v) is 2.28. The molecule has 2 aromatic rings. The zero-order chi connectivity index (χ0) is 10.8. The molecule has 0 unspecified atom stereocenters.